The van der Waals surface area contributed by atoms with Crippen molar-refractivity contribution in [2.75, 3.05) is 36.5 Å². The highest BCUT2D eigenvalue weighted by Crippen LogP contribution is 2.51. The van der Waals surface area contributed by atoms with Crippen LogP contribution in [0, 0.1) is 22.7 Å². The Hall–Kier alpha value is -3.43. The van der Waals surface area contributed by atoms with Crippen molar-refractivity contribution in [1.82, 2.24) is 14.9 Å². The normalized spacial score (nSPS) is 26.8. The number of hydrogen-bond acceptors (Lipinski definition) is 6. The number of alkyl halides is 2. The van der Waals surface area contributed by atoms with E-state index in [-0.39, 0.29) is 46.9 Å². The SMILES string of the molecule is C[N+]1=CC(N(CC2C=C(C(C)(C)C)C(=O)C(C(C)(C)C)=C2)c2nccc(N3CC4CC[C@@H](C3)N4C(=O)C3CC3(F)F)n2)=C1. The van der Waals surface area contributed by atoms with E-state index in [1.165, 1.54) is 0 Å². The molecule has 2 bridgehead atoms. The van der Waals surface area contributed by atoms with Crippen molar-refractivity contribution in [3.63, 3.8) is 0 Å². The van der Waals surface area contributed by atoms with Gasteiger partial charge in [0.15, 0.2) is 23.9 Å². The van der Waals surface area contributed by atoms with Gasteiger partial charge in [0.1, 0.15) is 18.8 Å². The Kier molecular flexibility index (Phi) is 6.93. The minimum Gasteiger partial charge on any atom is -0.352 e. The van der Waals surface area contributed by atoms with Crippen LogP contribution in [0.15, 0.2) is 47.5 Å². The van der Waals surface area contributed by atoms with Gasteiger partial charge in [-0.25, -0.2) is 18.3 Å². The van der Waals surface area contributed by atoms with Gasteiger partial charge in [-0.15, -0.1) is 0 Å². The molecule has 8 nitrogen and oxygen atoms in total. The van der Waals surface area contributed by atoms with E-state index in [0.717, 1.165) is 35.5 Å². The lowest BCUT2D eigenvalue weighted by Gasteiger charge is -2.42. The number of fused-ring (bicyclic) bond motifs is 2. The summed E-state index contributed by atoms with van der Waals surface area (Å²) >= 11 is 0. The summed E-state index contributed by atoms with van der Waals surface area (Å²) in [5.41, 5.74) is 2.06. The third kappa shape index (κ3) is 5.53. The van der Waals surface area contributed by atoms with Crippen LogP contribution in [0.2, 0.25) is 0 Å². The van der Waals surface area contributed by atoms with Crippen LogP contribution in [0.5, 0.6) is 0 Å². The van der Waals surface area contributed by atoms with Gasteiger partial charge in [-0.2, -0.15) is 4.98 Å². The molecule has 43 heavy (non-hydrogen) atoms. The number of hydrogen-bond donors (Lipinski definition) is 0. The number of Topliss-reactive ketones (excluding diaryl/α,β-unsaturated/α-hetero) is 1. The van der Waals surface area contributed by atoms with Crippen molar-refractivity contribution >= 4 is 29.7 Å². The molecule has 3 aliphatic heterocycles. The average Bonchev–Trinajstić information content (AvgIpc) is 3.46. The second-order valence-corrected chi connectivity index (χ2v) is 14.9. The number of allylic oxidation sites excluding steroid dienone is 3. The highest BCUT2D eigenvalue weighted by atomic mass is 19.3. The molecule has 4 heterocycles. The molecular formula is C33H43F2N6O2+. The Balaban J connectivity index is 1.26. The minimum absolute atomic E-state index is 0.0282. The van der Waals surface area contributed by atoms with Crippen molar-refractivity contribution < 1.29 is 22.9 Å². The summed E-state index contributed by atoms with van der Waals surface area (Å²) in [5.74, 6) is -2.98. The second-order valence-electron chi connectivity index (χ2n) is 14.9. The third-order valence-corrected chi connectivity index (χ3v) is 9.30. The number of carbonyl (C=O) groups excluding carboxylic acids is 2. The van der Waals surface area contributed by atoms with Gasteiger partial charge in [0.05, 0.1) is 0 Å². The maximum Gasteiger partial charge on any atom is 0.260 e. The van der Waals surface area contributed by atoms with Crippen LogP contribution in [0.4, 0.5) is 20.5 Å². The molecule has 6 rings (SSSR count). The Bertz CT molecular complexity index is 1430. The summed E-state index contributed by atoms with van der Waals surface area (Å²) in [6.45, 7) is 14.2. The maximum absolute atomic E-state index is 13.7. The summed E-state index contributed by atoms with van der Waals surface area (Å²) in [4.78, 5) is 42.1. The summed E-state index contributed by atoms with van der Waals surface area (Å²) < 4.78 is 29.4. The number of aromatic nitrogens is 2. The molecule has 0 radical (unpaired) electrons. The van der Waals surface area contributed by atoms with Gasteiger partial charge in [-0.05, 0) is 29.7 Å². The molecule has 2 unspecified atom stereocenters. The minimum atomic E-state index is -2.85. The van der Waals surface area contributed by atoms with Gasteiger partial charge in [0.2, 0.25) is 11.9 Å². The van der Waals surface area contributed by atoms with Crippen molar-refractivity contribution in [2.45, 2.75) is 78.8 Å². The second kappa shape index (κ2) is 10.1. The first-order valence-electron chi connectivity index (χ1n) is 15.4. The summed E-state index contributed by atoms with van der Waals surface area (Å²) in [5, 5.41) is 0. The molecule has 1 aromatic rings. The molecule has 2 aliphatic carbocycles. The first kappa shape index (κ1) is 29.6. The van der Waals surface area contributed by atoms with Crippen molar-refractivity contribution in [2.24, 2.45) is 22.7 Å². The highest BCUT2D eigenvalue weighted by Gasteiger charge is 2.64. The first-order valence-corrected chi connectivity index (χ1v) is 15.4. The Morgan fingerprint density at radius 2 is 1.63 bits per heavy atom. The lowest BCUT2D eigenvalue weighted by Crippen LogP contribution is -2.56. The molecule has 1 saturated carbocycles. The first-order chi connectivity index (χ1) is 20.0. The third-order valence-electron chi connectivity index (χ3n) is 9.30. The van der Waals surface area contributed by atoms with E-state index in [4.69, 9.17) is 4.98 Å². The number of amides is 1. The van der Waals surface area contributed by atoms with Crippen molar-refractivity contribution in [1.29, 1.82) is 0 Å². The van der Waals surface area contributed by atoms with Gasteiger partial charge in [-0.1, -0.05) is 53.7 Å². The predicted molar refractivity (Wildman–Crippen MR) is 162 cm³/mol. The van der Waals surface area contributed by atoms with Crippen LogP contribution in [0.25, 0.3) is 0 Å². The fourth-order valence-corrected chi connectivity index (χ4v) is 6.87. The van der Waals surface area contributed by atoms with E-state index >= 15 is 0 Å². The summed E-state index contributed by atoms with van der Waals surface area (Å²) in [6, 6.07) is 1.71. The number of carbonyl (C=O) groups is 2. The number of piperazine rings is 1. The maximum atomic E-state index is 13.7. The Morgan fingerprint density at radius 3 is 2.12 bits per heavy atom. The molecule has 0 N–H and O–H groups in total. The van der Waals surface area contributed by atoms with Gasteiger partial charge in [0.25, 0.3) is 5.92 Å². The van der Waals surface area contributed by atoms with Gasteiger partial charge in [0, 0.05) is 61.4 Å². The Morgan fingerprint density at radius 1 is 1.07 bits per heavy atom. The molecule has 230 valence electrons. The van der Waals surface area contributed by atoms with E-state index < -0.39 is 11.8 Å². The zero-order chi connectivity index (χ0) is 31.1. The van der Waals surface area contributed by atoms with Gasteiger partial charge in [-0.3, -0.25) is 14.5 Å². The van der Waals surface area contributed by atoms with Crippen LogP contribution >= 0.6 is 0 Å². The quantitative estimate of drug-likeness (QED) is 0.440. The number of ketones is 1. The fraction of sp³-hybridized carbons (Fsp3) is 0.606. The van der Waals surface area contributed by atoms with Crippen LogP contribution in [0.1, 0.15) is 60.8 Å². The summed E-state index contributed by atoms with van der Waals surface area (Å²) in [7, 11) is 1.97. The topological polar surface area (TPSA) is 72.7 Å². The van der Waals surface area contributed by atoms with Crippen LogP contribution < -0.4 is 9.80 Å². The van der Waals surface area contributed by atoms with E-state index in [1.54, 1.807) is 11.1 Å². The molecule has 5 aliphatic rings. The molecule has 0 aromatic carbocycles. The van der Waals surface area contributed by atoms with Gasteiger partial charge >= 0.3 is 0 Å². The number of nitrogens with zero attached hydrogens (tertiary/aromatic N) is 6. The molecule has 0 spiro atoms. The smallest absolute Gasteiger partial charge is 0.260 e. The largest absolute Gasteiger partial charge is 0.352 e. The molecule has 2 saturated heterocycles. The van der Waals surface area contributed by atoms with Crippen LogP contribution in [-0.2, 0) is 9.59 Å². The molecule has 1 amide bonds. The van der Waals surface area contributed by atoms with Crippen molar-refractivity contribution in [3.8, 4) is 0 Å². The van der Waals surface area contributed by atoms with E-state index in [9.17, 15) is 18.4 Å². The molecular weight excluding hydrogens is 550 g/mol. The number of anilines is 2. The standard InChI is InChI=1S/C33H43F2N6O2/c1-31(2,3)24-12-20(13-25(28(24)42)32(4,5)6)15-40(23-16-38(7)17-23)30-36-11-10-27(37-30)39-18-21-8-9-22(19-39)41(21)29(43)26-14-33(26,34)35/h10-13,16-17,20-22,26H,8-9,14-15,18-19H2,1-7H3/q+1/t21-,22?,26?/m0/s1. The van der Waals surface area contributed by atoms with Crippen LogP contribution in [0.3, 0.4) is 0 Å². The van der Waals surface area contributed by atoms with E-state index in [1.807, 2.05) is 30.1 Å². The van der Waals surface area contributed by atoms with Crippen molar-refractivity contribution in [3.05, 3.63) is 47.5 Å². The number of halogens is 2. The van der Waals surface area contributed by atoms with E-state index in [0.29, 0.717) is 25.6 Å². The summed E-state index contributed by atoms with van der Waals surface area (Å²) in [6.07, 6.45) is 11.3. The predicted octanol–water partition coefficient (Wildman–Crippen LogP) is 4.83. The number of rotatable bonds is 6. The lowest BCUT2D eigenvalue weighted by molar-refractivity contribution is -0.429. The molecule has 1 aromatic heterocycles. The Labute approximate surface area is 252 Å². The lowest BCUT2D eigenvalue weighted by atomic mass is 9.71. The highest BCUT2D eigenvalue weighted by molar-refractivity contribution is 6.10. The van der Waals surface area contributed by atoms with Crippen LogP contribution in [-0.4, -0.2) is 82.0 Å². The van der Waals surface area contributed by atoms with E-state index in [2.05, 4.69) is 68.5 Å². The van der Waals surface area contributed by atoms with Gasteiger partial charge < -0.3 is 9.80 Å². The average molecular weight is 594 g/mol. The zero-order valence-electron chi connectivity index (χ0n) is 26.3. The fourth-order valence-electron chi connectivity index (χ4n) is 6.87. The monoisotopic (exact) mass is 593 g/mol. The molecule has 10 heteroatoms. The molecule has 3 fully saturated rings. The molecule has 3 atom stereocenters. The zero-order valence-corrected chi connectivity index (χ0v) is 26.3.